The lowest BCUT2D eigenvalue weighted by atomic mass is 10.2. The van der Waals surface area contributed by atoms with Gasteiger partial charge < -0.3 is 16.0 Å². The SMILES string of the molecule is CCNc1cc(N2CCC(N3CCCC3)C2)nc(N)n1. The zero-order valence-corrected chi connectivity index (χ0v) is 12.2. The maximum absolute atomic E-state index is 5.81. The molecule has 1 atom stereocenters. The van der Waals surface area contributed by atoms with Gasteiger partial charge in [0, 0.05) is 31.7 Å². The zero-order chi connectivity index (χ0) is 13.9. The summed E-state index contributed by atoms with van der Waals surface area (Å²) < 4.78 is 0. The summed E-state index contributed by atoms with van der Waals surface area (Å²) in [5, 5.41) is 3.21. The maximum atomic E-state index is 5.81. The zero-order valence-electron chi connectivity index (χ0n) is 12.2. The van der Waals surface area contributed by atoms with E-state index in [1.807, 2.05) is 6.07 Å². The van der Waals surface area contributed by atoms with E-state index in [1.54, 1.807) is 0 Å². The first-order chi connectivity index (χ1) is 9.76. The van der Waals surface area contributed by atoms with Crippen molar-refractivity contribution in [3.8, 4) is 0 Å². The van der Waals surface area contributed by atoms with Gasteiger partial charge in [0.25, 0.3) is 0 Å². The van der Waals surface area contributed by atoms with E-state index < -0.39 is 0 Å². The average molecular weight is 276 g/mol. The third-order valence-corrected chi connectivity index (χ3v) is 4.23. The van der Waals surface area contributed by atoms with Crippen LogP contribution in [0.15, 0.2) is 6.07 Å². The molecule has 0 saturated carbocycles. The topological polar surface area (TPSA) is 70.3 Å². The lowest BCUT2D eigenvalue weighted by Gasteiger charge is -2.24. The molecule has 2 saturated heterocycles. The summed E-state index contributed by atoms with van der Waals surface area (Å²) in [6.45, 7) is 7.52. The summed E-state index contributed by atoms with van der Waals surface area (Å²) >= 11 is 0. The Bertz CT molecular complexity index is 457. The highest BCUT2D eigenvalue weighted by atomic mass is 15.3. The molecule has 2 aliphatic heterocycles. The standard InChI is InChI=1S/C14H24N6/c1-2-16-12-9-13(18-14(15)17-12)20-8-5-11(10-20)19-6-3-4-7-19/h9,11H,2-8,10H2,1H3,(H3,15,16,17,18). The van der Waals surface area contributed by atoms with Crippen LogP contribution in [0.25, 0.3) is 0 Å². The van der Waals surface area contributed by atoms with Crippen LogP contribution in [-0.2, 0) is 0 Å². The second-order valence-corrected chi connectivity index (χ2v) is 5.63. The van der Waals surface area contributed by atoms with E-state index in [2.05, 4.69) is 32.0 Å². The fraction of sp³-hybridized carbons (Fsp3) is 0.714. The van der Waals surface area contributed by atoms with Crippen molar-refractivity contribution in [3.63, 3.8) is 0 Å². The van der Waals surface area contributed by atoms with E-state index in [4.69, 9.17) is 5.73 Å². The van der Waals surface area contributed by atoms with Crippen LogP contribution in [-0.4, -0.2) is 53.6 Å². The lowest BCUT2D eigenvalue weighted by molar-refractivity contribution is 0.260. The van der Waals surface area contributed by atoms with Crippen molar-refractivity contribution in [1.29, 1.82) is 0 Å². The Morgan fingerprint density at radius 2 is 2.10 bits per heavy atom. The minimum absolute atomic E-state index is 0.350. The van der Waals surface area contributed by atoms with Crippen LogP contribution in [0.2, 0.25) is 0 Å². The van der Waals surface area contributed by atoms with Crippen molar-refractivity contribution in [3.05, 3.63) is 6.07 Å². The van der Waals surface area contributed by atoms with Crippen molar-refractivity contribution in [2.45, 2.75) is 32.2 Å². The van der Waals surface area contributed by atoms with Gasteiger partial charge in [0.15, 0.2) is 0 Å². The van der Waals surface area contributed by atoms with Crippen LogP contribution in [0.1, 0.15) is 26.2 Å². The molecule has 0 radical (unpaired) electrons. The number of anilines is 3. The summed E-state index contributed by atoms with van der Waals surface area (Å²) in [4.78, 5) is 13.6. The number of nitrogens with zero attached hydrogens (tertiary/aromatic N) is 4. The molecule has 3 rings (SSSR count). The van der Waals surface area contributed by atoms with Crippen LogP contribution in [0, 0.1) is 0 Å². The van der Waals surface area contributed by atoms with Crippen molar-refractivity contribution < 1.29 is 0 Å². The van der Waals surface area contributed by atoms with Gasteiger partial charge >= 0.3 is 0 Å². The summed E-state index contributed by atoms with van der Waals surface area (Å²) in [5.41, 5.74) is 5.81. The number of rotatable bonds is 4. The molecule has 1 aromatic heterocycles. The van der Waals surface area contributed by atoms with Crippen molar-refractivity contribution in [2.24, 2.45) is 0 Å². The van der Waals surface area contributed by atoms with E-state index in [1.165, 1.54) is 32.4 Å². The first kappa shape index (κ1) is 13.4. The Morgan fingerprint density at radius 1 is 1.30 bits per heavy atom. The van der Waals surface area contributed by atoms with Crippen LogP contribution in [0.5, 0.6) is 0 Å². The summed E-state index contributed by atoms with van der Waals surface area (Å²) in [7, 11) is 0. The highest BCUT2D eigenvalue weighted by Gasteiger charge is 2.30. The van der Waals surface area contributed by atoms with Gasteiger partial charge in [-0.05, 0) is 39.3 Å². The third-order valence-electron chi connectivity index (χ3n) is 4.23. The number of nitrogens with two attached hydrogens (primary N) is 1. The van der Waals surface area contributed by atoms with Crippen LogP contribution in [0.4, 0.5) is 17.6 Å². The van der Waals surface area contributed by atoms with Crippen molar-refractivity contribution in [1.82, 2.24) is 14.9 Å². The van der Waals surface area contributed by atoms with E-state index in [0.717, 1.165) is 31.3 Å². The van der Waals surface area contributed by atoms with E-state index in [0.29, 0.717) is 12.0 Å². The highest BCUT2D eigenvalue weighted by molar-refractivity contribution is 5.53. The summed E-state index contributed by atoms with van der Waals surface area (Å²) in [6, 6.07) is 2.68. The molecule has 3 heterocycles. The third kappa shape index (κ3) is 2.80. The number of nitrogen functional groups attached to an aromatic ring is 1. The fourth-order valence-electron chi connectivity index (χ4n) is 3.24. The average Bonchev–Trinajstić information content (AvgIpc) is 3.10. The first-order valence-electron chi connectivity index (χ1n) is 7.63. The summed E-state index contributed by atoms with van der Waals surface area (Å²) in [6.07, 6.45) is 3.92. The smallest absolute Gasteiger partial charge is 0.223 e. The van der Waals surface area contributed by atoms with Crippen LogP contribution in [0.3, 0.4) is 0 Å². The Morgan fingerprint density at radius 3 is 2.85 bits per heavy atom. The van der Waals surface area contributed by atoms with Crippen LogP contribution < -0.4 is 16.0 Å². The van der Waals surface area contributed by atoms with Gasteiger partial charge in [0.1, 0.15) is 11.6 Å². The van der Waals surface area contributed by atoms with E-state index >= 15 is 0 Å². The number of hydrogen-bond donors (Lipinski definition) is 2. The normalized spacial score (nSPS) is 23.4. The number of nitrogens with one attached hydrogen (secondary N) is 1. The molecule has 110 valence electrons. The summed E-state index contributed by atoms with van der Waals surface area (Å²) in [5.74, 6) is 2.12. The van der Waals surface area contributed by atoms with E-state index in [-0.39, 0.29) is 0 Å². The molecule has 1 unspecified atom stereocenters. The minimum atomic E-state index is 0.350. The molecule has 6 heteroatoms. The molecule has 2 fully saturated rings. The number of aromatic nitrogens is 2. The second-order valence-electron chi connectivity index (χ2n) is 5.63. The molecule has 0 amide bonds. The maximum Gasteiger partial charge on any atom is 0.223 e. The van der Waals surface area contributed by atoms with Gasteiger partial charge in [0.05, 0.1) is 0 Å². The van der Waals surface area contributed by atoms with Gasteiger partial charge in [-0.2, -0.15) is 9.97 Å². The largest absolute Gasteiger partial charge is 0.370 e. The molecular weight excluding hydrogens is 252 g/mol. The molecule has 2 aliphatic rings. The highest BCUT2D eigenvalue weighted by Crippen LogP contribution is 2.25. The molecule has 0 aromatic carbocycles. The van der Waals surface area contributed by atoms with Crippen LogP contribution >= 0.6 is 0 Å². The van der Waals surface area contributed by atoms with Gasteiger partial charge in [-0.1, -0.05) is 0 Å². The van der Waals surface area contributed by atoms with Crippen molar-refractivity contribution in [2.75, 3.05) is 48.7 Å². The Labute approximate surface area is 120 Å². The van der Waals surface area contributed by atoms with Gasteiger partial charge in [-0.15, -0.1) is 0 Å². The minimum Gasteiger partial charge on any atom is -0.370 e. The van der Waals surface area contributed by atoms with E-state index in [9.17, 15) is 0 Å². The monoisotopic (exact) mass is 276 g/mol. The van der Waals surface area contributed by atoms with Gasteiger partial charge in [-0.25, -0.2) is 0 Å². The van der Waals surface area contributed by atoms with Gasteiger partial charge in [-0.3, -0.25) is 4.90 Å². The molecule has 3 N–H and O–H groups in total. The van der Waals surface area contributed by atoms with Crippen molar-refractivity contribution >= 4 is 17.6 Å². The molecule has 0 spiro atoms. The molecule has 20 heavy (non-hydrogen) atoms. The predicted molar refractivity (Wildman–Crippen MR) is 82.0 cm³/mol. The lowest BCUT2D eigenvalue weighted by Crippen LogP contribution is -2.35. The molecule has 0 bridgehead atoms. The molecule has 1 aromatic rings. The quantitative estimate of drug-likeness (QED) is 0.860. The number of likely N-dealkylation sites (tertiary alicyclic amines) is 1. The molecule has 0 aliphatic carbocycles. The Balaban J connectivity index is 1.70. The Hall–Kier alpha value is -1.56. The first-order valence-corrected chi connectivity index (χ1v) is 7.63. The fourth-order valence-corrected chi connectivity index (χ4v) is 3.24. The second kappa shape index (κ2) is 5.83. The van der Waals surface area contributed by atoms with Gasteiger partial charge in [0.2, 0.25) is 5.95 Å². The molecular formula is C14H24N6. The Kier molecular flexibility index (Phi) is 3.91. The molecule has 6 nitrogen and oxygen atoms in total. The predicted octanol–water partition coefficient (Wildman–Crippen LogP) is 1.17. The number of hydrogen-bond acceptors (Lipinski definition) is 6.